The molecule has 0 unspecified atom stereocenters. The van der Waals surface area contributed by atoms with Crippen LogP contribution >= 0.6 is 11.6 Å². The van der Waals surface area contributed by atoms with Crippen LogP contribution in [0.1, 0.15) is 0 Å². The van der Waals surface area contributed by atoms with E-state index in [4.69, 9.17) is 11.6 Å². The van der Waals surface area contributed by atoms with Gasteiger partial charge in [0.05, 0.1) is 22.6 Å². The molecule has 2 heterocycles. The Morgan fingerprint density at radius 2 is 2.04 bits per heavy atom. The number of fused-ring (bicyclic) bond motifs is 2. The van der Waals surface area contributed by atoms with E-state index < -0.39 is 0 Å². The van der Waals surface area contributed by atoms with Crippen LogP contribution in [-0.4, -0.2) is 25.2 Å². The van der Waals surface area contributed by atoms with Crippen molar-refractivity contribution >= 4 is 45.3 Å². The van der Waals surface area contributed by atoms with Crippen molar-refractivity contribution in [3.05, 3.63) is 64.0 Å². The van der Waals surface area contributed by atoms with E-state index in [1.54, 1.807) is 48.1 Å². The van der Waals surface area contributed by atoms with E-state index in [9.17, 15) is 9.59 Å². The molecule has 1 N–H and O–H groups in total. The van der Waals surface area contributed by atoms with Crippen LogP contribution in [0.3, 0.4) is 0 Å². The number of anilines is 1. The minimum absolute atomic E-state index is 0.201. The van der Waals surface area contributed by atoms with E-state index in [1.807, 2.05) is 12.1 Å². The van der Waals surface area contributed by atoms with Gasteiger partial charge in [0.2, 0.25) is 11.9 Å². The molecule has 1 amide bonds. The van der Waals surface area contributed by atoms with Gasteiger partial charge in [-0.15, -0.1) is 0 Å². The number of amides is 1. The number of hydrogen-bond donors (Lipinski definition) is 1. The fourth-order valence-corrected chi connectivity index (χ4v) is 2.99. The van der Waals surface area contributed by atoms with Crippen molar-refractivity contribution in [1.82, 2.24) is 19.3 Å². The van der Waals surface area contributed by atoms with Gasteiger partial charge < -0.3 is 4.57 Å². The Balaban J connectivity index is 1.61. The zero-order valence-electron chi connectivity index (χ0n) is 13.8. The van der Waals surface area contributed by atoms with Crippen molar-refractivity contribution in [2.24, 2.45) is 7.05 Å². The Morgan fingerprint density at radius 1 is 1.23 bits per heavy atom. The lowest BCUT2D eigenvalue weighted by atomic mass is 10.2. The second-order valence-electron chi connectivity index (χ2n) is 5.87. The molecule has 0 fully saturated rings. The molecule has 2 aromatic heterocycles. The third-order valence-electron chi connectivity index (χ3n) is 4.15. The zero-order valence-corrected chi connectivity index (χ0v) is 14.6. The van der Waals surface area contributed by atoms with Crippen LogP contribution in [0.15, 0.2) is 53.5 Å². The molecule has 0 saturated carbocycles. The molecule has 0 radical (unpaired) electrons. The molecule has 0 aliphatic heterocycles. The summed E-state index contributed by atoms with van der Waals surface area (Å²) in [6.07, 6.45) is 1.57. The number of nitrogens with zero attached hydrogens (tertiary/aromatic N) is 4. The molecule has 130 valence electrons. The highest BCUT2D eigenvalue weighted by atomic mass is 35.5. The lowest BCUT2D eigenvalue weighted by Gasteiger charge is -2.07. The van der Waals surface area contributed by atoms with E-state index in [0.29, 0.717) is 21.9 Å². The number of rotatable bonds is 3. The maximum absolute atomic E-state index is 12.4. The molecule has 8 heteroatoms. The highest BCUT2D eigenvalue weighted by Gasteiger charge is 2.13. The van der Waals surface area contributed by atoms with Gasteiger partial charge in [0, 0.05) is 17.5 Å². The molecule has 4 aromatic rings. The van der Waals surface area contributed by atoms with Crippen LogP contribution in [0.4, 0.5) is 5.95 Å². The largest absolute Gasteiger partial charge is 0.313 e. The molecular formula is C18H14ClN5O2. The van der Waals surface area contributed by atoms with Crippen LogP contribution in [0.25, 0.3) is 21.8 Å². The first-order chi connectivity index (χ1) is 12.5. The van der Waals surface area contributed by atoms with Crippen molar-refractivity contribution in [3.63, 3.8) is 0 Å². The van der Waals surface area contributed by atoms with Crippen LogP contribution in [0.2, 0.25) is 5.02 Å². The molecule has 0 saturated heterocycles. The van der Waals surface area contributed by atoms with Gasteiger partial charge in [-0.05, 0) is 24.3 Å². The van der Waals surface area contributed by atoms with E-state index in [-0.39, 0.29) is 18.0 Å². The first-order valence-electron chi connectivity index (χ1n) is 7.89. The molecule has 0 aliphatic rings. The molecule has 0 atom stereocenters. The summed E-state index contributed by atoms with van der Waals surface area (Å²) in [7, 11) is 1.79. The maximum Gasteiger partial charge on any atom is 0.275 e. The molecule has 0 bridgehead atoms. The Kier molecular flexibility index (Phi) is 3.93. The Labute approximate surface area is 152 Å². The predicted molar refractivity (Wildman–Crippen MR) is 100 cm³/mol. The van der Waals surface area contributed by atoms with Crippen LogP contribution in [-0.2, 0) is 18.4 Å². The Morgan fingerprint density at radius 3 is 2.88 bits per heavy atom. The first-order valence-corrected chi connectivity index (χ1v) is 8.27. The predicted octanol–water partition coefficient (Wildman–Crippen LogP) is 2.58. The minimum Gasteiger partial charge on any atom is -0.313 e. The fourth-order valence-electron chi connectivity index (χ4n) is 2.83. The quantitative estimate of drug-likeness (QED) is 0.603. The third-order valence-corrected chi connectivity index (χ3v) is 4.38. The molecular weight excluding hydrogens is 354 g/mol. The van der Waals surface area contributed by atoms with Crippen molar-refractivity contribution in [3.8, 4) is 0 Å². The summed E-state index contributed by atoms with van der Waals surface area (Å²) in [6.45, 7) is -0.201. The van der Waals surface area contributed by atoms with Crippen molar-refractivity contribution in [2.45, 2.75) is 6.54 Å². The SMILES string of the molecule is Cn1c(NC(=O)Cn2ncc3ccccc3c2=O)nc2cc(Cl)ccc21. The van der Waals surface area contributed by atoms with Gasteiger partial charge in [0.15, 0.2) is 0 Å². The van der Waals surface area contributed by atoms with Crippen LogP contribution in [0, 0.1) is 0 Å². The number of carbonyl (C=O) groups is 1. The van der Waals surface area contributed by atoms with Crippen LogP contribution in [0.5, 0.6) is 0 Å². The van der Waals surface area contributed by atoms with Crippen molar-refractivity contribution < 1.29 is 4.79 Å². The van der Waals surface area contributed by atoms with Crippen LogP contribution < -0.4 is 10.9 Å². The molecule has 26 heavy (non-hydrogen) atoms. The zero-order chi connectivity index (χ0) is 18.3. The summed E-state index contributed by atoms with van der Waals surface area (Å²) >= 11 is 5.98. The summed E-state index contributed by atoms with van der Waals surface area (Å²) < 4.78 is 2.89. The average Bonchev–Trinajstić information content (AvgIpc) is 2.92. The number of benzene rings is 2. The maximum atomic E-state index is 12.4. The Hall–Kier alpha value is -3.19. The second kappa shape index (κ2) is 6.27. The van der Waals surface area contributed by atoms with Gasteiger partial charge in [0.1, 0.15) is 6.54 Å². The number of imidazole rings is 1. The number of halogens is 1. The lowest BCUT2D eigenvalue weighted by Crippen LogP contribution is -2.30. The smallest absolute Gasteiger partial charge is 0.275 e. The minimum atomic E-state index is -0.389. The van der Waals surface area contributed by atoms with Crippen molar-refractivity contribution in [1.29, 1.82) is 0 Å². The molecule has 7 nitrogen and oxygen atoms in total. The van der Waals surface area contributed by atoms with E-state index in [0.717, 1.165) is 15.6 Å². The number of aromatic nitrogens is 4. The van der Waals surface area contributed by atoms with Gasteiger partial charge in [-0.2, -0.15) is 5.10 Å². The van der Waals surface area contributed by atoms with Gasteiger partial charge in [0.25, 0.3) is 5.56 Å². The highest BCUT2D eigenvalue weighted by molar-refractivity contribution is 6.31. The summed E-state index contributed by atoms with van der Waals surface area (Å²) in [4.78, 5) is 29.2. The molecule has 0 spiro atoms. The highest BCUT2D eigenvalue weighted by Crippen LogP contribution is 2.21. The van der Waals surface area contributed by atoms with E-state index in [2.05, 4.69) is 15.4 Å². The fraction of sp³-hybridized carbons (Fsp3) is 0.111. The third kappa shape index (κ3) is 2.82. The van der Waals surface area contributed by atoms with E-state index in [1.165, 1.54) is 0 Å². The summed E-state index contributed by atoms with van der Waals surface area (Å²) in [5.41, 5.74) is 1.21. The lowest BCUT2D eigenvalue weighted by molar-refractivity contribution is -0.117. The van der Waals surface area contributed by atoms with Gasteiger partial charge in [-0.3, -0.25) is 14.9 Å². The second-order valence-corrected chi connectivity index (χ2v) is 6.31. The summed E-state index contributed by atoms with van der Waals surface area (Å²) in [5.74, 6) is -0.0134. The molecule has 2 aromatic carbocycles. The normalized spacial score (nSPS) is 11.2. The number of carbonyl (C=O) groups excluding carboxylic acids is 1. The topological polar surface area (TPSA) is 81.8 Å². The van der Waals surface area contributed by atoms with Crippen molar-refractivity contribution in [2.75, 3.05) is 5.32 Å². The van der Waals surface area contributed by atoms with Gasteiger partial charge in [-0.1, -0.05) is 29.8 Å². The van der Waals surface area contributed by atoms with Gasteiger partial charge in [-0.25, -0.2) is 9.67 Å². The summed E-state index contributed by atoms with van der Waals surface area (Å²) in [5, 5.41) is 8.60. The number of aryl methyl sites for hydroxylation is 1. The summed E-state index contributed by atoms with van der Waals surface area (Å²) in [6, 6.07) is 12.4. The monoisotopic (exact) mass is 367 g/mol. The average molecular weight is 368 g/mol. The first kappa shape index (κ1) is 16.3. The number of hydrogen-bond acceptors (Lipinski definition) is 4. The molecule has 4 rings (SSSR count). The molecule has 0 aliphatic carbocycles. The number of nitrogens with one attached hydrogen (secondary N) is 1. The standard InChI is InChI=1S/C18H14ClN5O2/c1-23-15-7-6-12(19)8-14(15)21-18(23)22-16(25)10-24-17(26)13-5-3-2-4-11(13)9-20-24/h2-9H,10H2,1H3,(H,21,22,25). The van der Waals surface area contributed by atoms with E-state index >= 15 is 0 Å². The van der Waals surface area contributed by atoms with Gasteiger partial charge >= 0.3 is 0 Å². The Bertz CT molecular complexity index is 1210.